The van der Waals surface area contributed by atoms with Crippen LogP contribution < -0.4 is 37.4 Å². The van der Waals surface area contributed by atoms with E-state index < -0.39 is 0 Å². The van der Waals surface area contributed by atoms with Crippen molar-refractivity contribution in [1.29, 1.82) is 0 Å². The molecule has 4 aliphatic heterocycles. The van der Waals surface area contributed by atoms with Gasteiger partial charge in [-0.1, -0.05) is 12.1 Å². The minimum atomic E-state index is -0.194. The summed E-state index contributed by atoms with van der Waals surface area (Å²) in [4.78, 5) is 17.5. The third-order valence-corrected chi connectivity index (χ3v) is 6.75. The van der Waals surface area contributed by atoms with Crippen LogP contribution in [-0.2, 0) is 11.3 Å². The number of rotatable bonds is 5. The zero-order chi connectivity index (χ0) is 21.0. The number of hydrogen-bond donors (Lipinski definition) is 7. The maximum atomic E-state index is 12.7. The van der Waals surface area contributed by atoms with Crippen molar-refractivity contribution in [3.8, 4) is 0 Å². The van der Waals surface area contributed by atoms with Gasteiger partial charge in [-0.2, -0.15) is 0 Å². The summed E-state index contributed by atoms with van der Waals surface area (Å²) >= 11 is 0. The quantitative estimate of drug-likeness (QED) is 0.282. The highest BCUT2D eigenvalue weighted by Gasteiger charge is 2.45. The molecule has 4 atom stereocenters. The first-order chi connectivity index (χ1) is 15.3. The number of hydrogen-bond acceptors (Lipinski definition) is 9. The Morgan fingerprint density at radius 3 is 2.39 bits per heavy atom. The van der Waals surface area contributed by atoms with Crippen molar-refractivity contribution >= 4 is 11.6 Å². The van der Waals surface area contributed by atoms with Crippen molar-refractivity contribution in [2.75, 3.05) is 64.2 Å². The largest absolute Gasteiger partial charge is 0.369 e. The standard InChI is InChI=1S/C21H35N9O/c31-20-18-17(13-24-28-20)26-21(30-11-7-23-8-12-30)27-19(18)25-16-3-1-15(2-4-16)14-29-9-5-22-6-10-29/h1-4,17-19,21-27H,5-14H2,(H,28,31). The molecular weight excluding hydrogens is 394 g/mol. The van der Waals surface area contributed by atoms with Crippen molar-refractivity contribution in [1.82, 2.24) is 41.9 Å². The number of amides is 1. The lowest BCUT2D eigenvalue weighted by Crippen LogP contribution is -2.77. The van der Waals surface area contributed by atoms with Crippen LogP contribution in [0.5, 0.6) is 0 Å². The molecule has 31 heavy (non-hydrogen) atoms. The second-order valence-corrected chi connectivity index (χ2v) is 8.87. The molecule has 0 aromatic heterocycles. The van der Waals surface area contributed by atoms with Crippen LogP contribution in [0.25, 0.3) is 0 Å². The maximum absolute atomic E-state index is 12.7. The predicted molar refractivity (Wildman–Crippen MR) is 120 cm³/mol. The van der Waals surface area contributed by atoms with Crippen LogP contribution in [0.4, 0.5) is 5.69 Å². The Bertz CT molecular complexity index is 733. The van der Waals surface area contributed by atoms with E-state index in [2.05, 4.69) is 71.5 Å². The summed E-state index contributed by atoms with van der Waals surface area (Å²) in [6, 6.07) is 8.72. The van der Waals surface area contributed by atoms with Crippen molar-refractivity contribution in [2.45, 2.75) is 25.0 Å². The highest BCUT2D eigenvalue weighted by atomic mass is 16.2. The van der Waals surface area contributed by atoms with E-state index in [4.69, 9.17) is 0 Å². The molecule has 1 amide bonds. The molecule has 5 rings (SSSR count). The van der Waals surface area contributed by atoms with E-state index in [0.717, 1.165) is 64.6 Å². The average Bonchev–Trinajstić information content (AvgIpc) is 2.81. The number of nitrogens with one attached hydrogen (secondary N) is 7. The maximum Gasteiger partial charge on any atom is 0.242 e. The Morgan fingerprint density at radius 1 is 0.935 bits per heavy atom. The first kappa shape index (κ1) is 21.1. The molecule has 1 aromatic carbocycles. The topological polar surface area (TPSA) is 108 Å². The van der Waals surface area contributed by atoms with Crippen LogP contribution >= 0.6 is 0 Å². The van der Waals surface area contributed by atoms with E-state index in [9.17, 15) is 4.79 Å². The van der Waals surface area contributed by atoms with Crippen LogP contribution in [0.1, 0.15) is 5.56 Å². The number of benzene rings is 1. The minimum Gasteiger partial charge on any atom is -0.369 e. The second-order valence-electron chi connectivity index (χ2n) is 8.87. The first-order valence-electron chi connectivity index (χ1n) is 11.5. The Balaban J connectivity index is 1.26. The number of piperazine rings is 2. The molecule has 10 heteroatoms. The van der Waals surface area contributed by atoms with Crippen LogP contribution in [0.3, 0.4) is 0 Å². The SMILES string of the molecule is O=C1NNCC2NC(N3CCNCC3)NC(Nc3ccc(CN4CCNCC4)cc3)C12. The molecule has 0 spiro atoms. The Kier molecular flexibility index (Phi) is 6.65. The summed E-state index contributed by atoms with van der Waals surface area (Å²) in [5.74, 6) is -0.177. The second kappa shape index (κ2) is 9.78. The van der Waals surface area contributed by atoms with Gasteiger partial charge >= 0.3 is 0 Å². The summed E-state index contributed by atoms with van der Waals surface area (Å²) in [5.41, 5.74) is 8.19. The lowest BCUT2D eigenvalue weighted by atomic mass is 9.91. The van der Waals surface area contributed by atoms with Gasteiger partial charge < -0.3 is 16.0 Å². The smallest absolute Gasteiger partial charge is 0.242 e. The fraction of sp³-hybridized carbons (Fsp3) is 0.667. The Labute approximate surface area is 183 Å². The van der Waals surface area contributed by atoms with Gasteiger partial charge in [0.2, 0.25) is 5.91 Å². The van der Waals surface area contributed by atoms with Gasteiger partial charge in [-0.15, -0.1) is 0 Å². The van der Waals surface area contributed by atoms with Crippen molar-refractivity contribution in [3.05, 3.63) is 29.8 Å². The number of fused-ring (bicyclic) bond motifs is 1. The number of anilines is 1. The molecule has 0 saturated carbocycles. The fourth-order valence-electron chi connectivity index (χ4n) is 5.01. The molecule has 4 aliphatic rings. The van der Waals surface area contributed by atoms with Gasteiger partial charge in [0, 0.05) is 77.2 Å². The van der Waals surface area contributed by atoms with Crippen molar-refractivity contribution < 1.29 is 4.79 Å². The zero-order valence-electron chi connectivity index (χ0n) is 18.0. The number of carbonyl (C=O) groups is 1. The van der Waals surface area contributed by atoms with Crippen LogP contribution in [0, 0.1) is 5.92 Å². The summed E-state index contributed by atoms with van der Waals surface area (Å²) in [5, 5.41) is 17.7. The molecule has 4 saturated heterocycles. The van der Waals surface area contributed by atoms with Gasteiger partial charge in [-0.25, -0.2) is 5.43 Å². The molecule has 10 nitrogen and oxygen atoms in total. The highest BCUT2D eigenvalue weighted by molar-refractivity contribution is 5.81. The fourth-order valence-corrected chi connectivity index (χ4v) is 5.01. The molecule has 4 heterocycles. The third kappa shape index (κ3) is 5.01. The normalized spacial score (nSPS) is 32.8. The predicted octanol–water partition coefficient (Wildman–Crippen LogP) is -2.17. The van der Waals surface area contributed by atoms with E-state index >= 15 is 0 Å². The molecule has 170 valence electrons. The highest BCUT2D eigenvalue weighted by Crippen LogP contribution is 2.22. The third-order valence-electron chi connectivity index (χ3n) is 6.75. The number of hydrazine groups is 1. The lowest BCUT2D eigenvalue weighted by Gasteiger charge is -2.49. The van der Waals surface area contributed by atoms with E-state index in [-0.39, 0.29) is 30.3 Å². The van der Waals surface area contributed by atoms with E-state index in [1.54, 1.807) is 0 Å². The van der Waals surface area contributed by atoms with Gasteiger partial charge in [0.15, 0.2) is 0 Å². The van der Waals surface area contributed by atoms with Crippen LogP contribution in [-0.4, -0.2) is 93.1 Å². The van der Waals surface area contributed by atoms with E-state index in [0.29, 0.717) is 6.54 Å². The van der Waals surface area contributed by atoms with Gasteiger partial charge in [-0.05, 0) is 17.7 Å². The number of nitrogens with zero attached hydrogens (tertiary/aromatic N) is 2. The van der Waals surface area contributed by atoms with Gasteiger partial charge in [0.05, 0.1) is 12.1 Å². The van der Waals surface area contributed by atoms with Gasteiger partial charge in [0.1, 0.15) is 6.29 Å². The Morgan fingerprint density at radius 2 is 1.65 bits per heavy atom. The molecule has 4 unspecified atom stereocenters. The monoisotopic (exact) mass is 429 g/mol. The van der Waals surface area contributed by atoms with Gasteiger partial charge in [0.25, 0.3) is 0 Å². The Hall–Kier alpha value is -1.79. The molecule has 0 bridgehead atoms. The van der Waals surface area contributed by atoms with Gasteiger partial charge in [-0.3, -0.25) is 30.7 Å². The summed E-state index contributed by atoms with van der Waals surface area (Å²) < 4.78 is 0. The molecular formula is C21H35N9O. The van der Waals surface area contributed by atoms with Crippen LogP contribution in [0.15, 0.2) is 24.3 Å². The van der Waals surface area contributed by atoms with E-state index in [1.807, 2.05) is 0 Å². The number of carbonyl (C=O) groups excluding carboxylic acids is 1. The molecule has 0 radical (unpaired) electrons. The lowest BCUT2D eigenvalue weighted by molar-refractivity contribution is -0.132. The van der Waals surface area contributed by atoms with Crippen molar-refractivity contribution in [3.63, 3.8) is 0 Å². The molecule has 7 N–H and O–H groups in total. The molecule has 0 aliphatic carbocycles. The average molecular weight is 430 g/mol. The summed E-state index contributed by atoms with van der Waals surface area (Å²) in [6.07, 6.45) is -0.104. The molecule has 1 aromatic rings. The van der Waals surface area contributed by atoms with Crippen LogP contribution in [0.2, 0.25) is 0 Å². The summed E-state index contributed by atoms with van der Waals surface area (Å²) in [7, 11) is 0. The zero-order valence-corrected chi connectivity index (χ0v) is 18.0. The molecule has 4 fully saturated rings. The van der Waals surface area contributed by atoms with E-state index in [1.165, 1.54) is 5.56 Å². The summed E-state index contributed by atoms with van der Waals surface area (Å²) in [6.45, 7) is 9.95. The van der Waals surface area contributed by atoms with Crippen molar-refractivity contribution in [2.24, 2.45) is 5.92 Å². The first-order valence-corrected chi connectivity index (χ1v) is 11.5. The minimum absolute atomic E-state index is 0.0165.